The number of carbonyl (C=O) groups excluding carboxylic acids is 10. The van der Waals surface area contributed by atoms with Crippen LogP contribution in [0.3, 0.4) is 0 Å². The number of nitrogens with two attached hydrogens (primary N) is 3. The second-order valence-corrected chi connectivity index (χ2v) is 19.3. The number of carbonyl (C=O) groups is 12. The van der Waals surface area contributed by atoms with Crippen LogP contribution in [0.15, 0.2) is 72.8 Å². The largest absolute Gasteiger partial charge is 0.508 e. The first-order valence-corrected chi connectivity index (χ1v) is 25.5. The summed E-state index contributed by atoms with van der Waals surface area (Å²) >= 11 is 0. The third kappa shape index (κ3) is 20.4. The molecule has 0 spiro atoms. The van der Waals surface area contributed by atoms with Gasteiger partial charge in [0.2, 0.25) is 59.1 Å². The lowest BCUT2D eigenvalue weighted by atomic mass is 10.0. The van der Waals surface area contributed by atoms with Crippen molar-refractivity contribution >= 4 is 71.0 Å². The van der Waals surface area contributed by atoms with Crippen LogP contribution in [0.5, 0.6) is 17.2 Å². The molecule has 10 amide bonds. The number of aliphatic hydroxyl groups is 2. The molecule has 10 atom stereocenters. The minimum absolute atomic E-state index is 0.0236. The number of amides is 10. The number of nitrogens with zero attached hydrogens (tertiary/aromatic N) is 1. The van der Waals surface area contributed by atoms with E-state index in [1.807, 2.05) is 0 Å². The fourth-order valence-corrected chi connectivity index (χ4v) is 8.42. The normalized spacial score (nSPS) is 16.1. The Labute approximate surface area is 467 Å². The Bertz CT molecular complexity index is 2800. The predicted molar refractivity (Wildman–Crippen MR) is 283 cm³/mol. The molecule has 0 radical (unpaired) electrons. The maximum Gasteiger partial charge on any atom is 0.328 e. The number of primary amides is 2. The number of carboxylic acids is 2. The molecule has 3 aromatic carbocycles. The maximum absolute atomic E-state index is 14.7. The summed E-state index contributed by atoms with van der Waals surface area (Å²) in [6, 6.07) is 0.743. The summed E-state index contributed by atoms with van der Waals surface area (Å²) in [4.78, 5) is 159. The SMILES string of the molecule is C[C@@H](O)[C@H](NC(=O)[C@H](Cc1ccc(O)cc1)NC(=O)[C@@H]1CCCN1C(=O)[C@H](Cc1ccc(O)cc1)NC(=O)[C@H](CO)NC(=O)[C@H](Cc1ccc(O)cc1)NC(=O)[C@H](CC(=O)O)NC(=O)[C@H](CC(N)=O)NC(=O)[C@@H](N)CCC(N)=O)C(=O)O. The number of likely N-dealkylation sites (tertiary alicyclic amines) is 1. The molecule has 20 N–H and O–H groups in total. The summed E-state index contributed by atoms with van der Waals surface area (Å²) in [5.41, 5.74) is 17.2. The molecular formula is C52H67N11O19. The molecule has 1 fully saturated rings. The minimum Gasteiger partial charge on any atom is -0.508 e. The lowest BCUT2D eigenvalue weighted by molar-refractivity contribution is -0.145. The van der Waals surface area contributed by atoms with E-state index in [1.165, 1.54) is 72.8 Å². The van der Waals surface area contributed by atoms with E-state index in [0.29, 0.717) is 11.1 Å². The zero-order valence-electron chi connectivity index (χ0n) is 44.2. The summed E-state index contributed by atoms with van der Waals surface area (Å²) in [5, 5.41) is 85.8. The van der Waals surface area contributed by atoms with E-state index < -0.39 is 157 Å². The van der Waals surface area contributed by atoms with E-state index in [0.717, 1.165) is 11.8 Å². The van der Waals surface area contributed by atoms with Crippen LogP contribution < -0.4 is 54.4 Å². The molecule has 1 heterocycles. The number of benzene rings is 3. The number of carboxylic acid groups (broad SMARTS) is 2. The van der Waals surface area contributed by atoms with Crippen molar-refractivity contribution in [1.29, 1.82) is 0 Å². The standard InChI is InChI=1S/C52H67N11O19/c1-25(65)43(52(81)82)62-48(77)34(20-27-6-12-30(67)13-7-27)59-50(79)39-3-2-18-63(39)51(80)37(21-28-8-14-31(68)15-9-28)60-49(78)38(24-64)61-45(74)33(19-26-4-10-29(66)11-5-26)57-47(76)36(23-42(71)72)58-46(75)35(22-41(55)70)56-44(73)32(53)16-17-40(54)69/h4-15,25,32-39,43,64-68H,2-3,16-24,53H2,1H3,(H2,54,69)(H2,55,70)(H,56,73)(H,57,76)(H,58,75)(H,59,79)(H,60,78)(H,61,74)(H,62,77)(H,71,72)(H,81,82)/t25-,32+,33+,34+,35+,36+,37+,38+,39+,43+/m1/s1. The van der Waals surface area contributed by atoms with Gasteiger partial charge in [0.15, 0.2) is 6.04 Å². The van der Waals surface area contributed by atoms with Gasteiger partial charge in [-0.15, -0.1) is 0 Å². The number of nitrogens with one attached hydrogen (secondary N) is 7. The molecule has 30 nitrogen and oxygen atoms in total. The minimum atomic E-state index is -2.06. The highest BCUT2D eigenvalue weighted by Crippen LogP contribution is 2.22. The lowest BCUT2D eigenvalue weighted by Crippen LogP contribution is -2.61. The van der Waals surface area contributed by atoms with Crippen molar-refractivity contribution in [2.24, 2.45) is 17.2 Å². The number of aromatic hydroxyl groups is 3. The average Bonchev–Trinajstić information content (AvgIpc) is 4.15. The number of rotatable bonds is 31. The number of phenols is 3. The highest BCUT2D eigenvalue weighted by atomic mass is 16.4. The summed E-state index contributed by atoms with van der Waals surface area (Å²) in [6.45, 7) is -0.114. The second kappa shape index (κ2) is 30.8. The molecule has 82 heavy (non-hydrogen) atoms. The Morgan fingerprint density at radius 2 is 0.951 bits per heavy atom. The quantitative estimate of drug-likeness (QED) is 0.0286. The number of aliphatic carboxylic acids is 2. The van der Waals surface area contributed by atoms with Crippen LogP contribution in [-0.2, 0) is 76.8 Å². The van der Waals surface area contributed by atoms with Gasteiger partial charge < -0.3 is 95.1 Å². The van der Waals surface area contributed by atoms with Crippen LogP contribution in [0.4, 0.5) is 0 Å². The van der Waals surface area contributed by atoms with Gasteiger partial charge in [-0.2, -0.15) is 0 Å². The third-order valence-corrected chi connectivity index (χ3v) is 12.8. The molecule has 30 heteroatoms. The van der Waals surface area contributed by atoms with Crippen LogP contribution in [-0.4, -0.2) is 185 Å². The molecule has 0 bridgehead atoms. The van der Waals surface area contributed by atoms with Crippen molar-refractivity contribution in [2.75, 3.05) is 13.2 Å². The Morgan fingerprint density at radius 3 is 1.40 bits per heavy atom. The zero-order valence-corrected chi connectivity index (χ0v) is 44.2. The van der Waals surface area contributed by atoms with Gasteiger partial charge in [-0.3, -0.25) is 52.7 Å². The van der Waals surface area contributed by atoms with E-state index in [9.17, 15) is 93.3 Å². The average molecular weight is 1150 g/mol. The molecule has 0 saturated carbocycles. The highest BCUT2D eigenvalue weighted by molar-refractivity contribution is 6.00. The third-order valence-electron chi connectivity index (χ3n) is 12.8. The number of phenolic OH excluding ortho intramolecular Hbond substituents is 3. The number of hydrogen-bond acceptors (Lipinski definition) is 18. The summed E-state index contributed by atoms with van der Waals surface area (Å²) in [6.07, 6.45) is -5.03. The van der Waals surface area contributed by atoms with E-state index in [-0.39, 0.29) is 67.9 Å². The molecule has 1 aliphatic heterocycles. The van der Waals surface area contributed by atoms with Crippen LogP contribution in [0.1, 0.15) is 62.1 Å². The van der Waals surface area contributed by atoms with Gasteiger partial charge in [-0.05, 0) is 79.3 Å². The zero-order chi connectivity index (χ0) is 61.0. The van der Waals surface area contributed by atoms with Crippen molar-refractivity contribution < 1.29 is 93.3 Å². The van der Waals surface area contributed by atoms with Crippen molar-refractivity contribution in [3.63, 3.8) is 0 Å². The monoisotopic (exact) mass is 1150 g/mol. The second-order valence-electron chi connectivity index (χ2n) is 19.3. The van der Waals surface area contributed by atoms with Gasteiger partial charge in [0.05, 0.1) is 31.6 Å². The van der Waals surface area contributed by atoms with Crippen LogP contribution in [0.2, 0.25) is 0 Å². The fourth-order valence-electron chi connectivity index (χ4n) is 8.42. The molecular weight excluding hydrogens is 1080 g/mol. The van der Waals surface area contributed by atoms with Crippen molar-refractivity contribution in [1.82, 2.24) is 42.1 Å². The van der Waals surface area contributed by atoms with Crippen molar-refractivity contribution in [3.8, 4) is 17.2 Å². The Morgan fingerprint density at radius 1 is 0.549 bits per heavy atom. The molecule has 0 aliphatic carbocycles. The van der Waals surface area contributed by atoms with E-state index in [2.05, 4.69) is 37.2 Å². The Hall–Kier alpha value is -9.42. The molecule has 1 saturated heterocycles. The highest BCUT2D eigenvalue weighted by Gasteiger charge is 2.41. The fraction of sp³-hybridized carbons (Fsp3) is 0.423. The maximum atomic E-state index is 14.7. The first kappa shape index (κ1) is 65.1. The van der Waals surface area contributed by atoms with Gasteiger partial charge in [-0.1, -0.05) is 36.4 Å². The molecule has 1 aliphatic rings. The van der Waals surface area contributed by atoms with Gasteiger partial charge in [-0.25, -0.2) is 4.79 Å². The smallest absolute Gasteiger partial charge is 0.328 e. The van der Waals surface area contributed by atoms with E-state index in [1.54, 1.807) is 0 Å². The van der Waals surface area contributed by atoms with Crippen LogP contribution in [0, 0.1) is 0 Å². The summed E-state index contributed by atoms with van der Waals surface area (Å²) < 4.78 is 0. The number of hydrogen-bond donors (Lipinski definition) is 17. The van der Waals surface area contributed by atoms with Crippen LogP contribution in [0.25, 0.3) is 0 Å². The first-order valence-electron chi connectivity index (χ1n) is 25.5. The number of aliphatic hydroxyl groups excluding tert-OH is 2. The van der Waals surface area contributed by atoms with Gasteiger partial charge >= 0.3 is 11.9 Å². The molecule has 444 valence electrons. The molecule has 0 unspecified atom stereocenters. The van der Waals surface area contributed by atoms with E-state index in [4.69, 9.17) is 17.2 Å². The summed E-state index contributed by atoms with van der Waals surface area (Å²) in [7, 11) is 0. The van der Waals surface area contributed by atoms with Crippen molar-refractivity contribution in [3.05, 3.63) is 89.5 Å². The molecule has 4 rings (SSSR count). The molecule has 3 aromatic rings. The molecule has 0 aromatic heterocycles. The Kier molecular flexibility index (Phi) is 24.5. The summed E-state index contributed by atoms with van der Waals surface area (Å²) in [5.74, 6) is -14.6. The van der Waals surface area contributed by atoms with Crippen LogP contribution >= 0.6 is 0 Å². The van der Waals surface area contributed by atoms with Gasteiger partial charge in [0.25, 0.3) is 0 Å². The Balaban J connectivity index is 1.61. The predicted octanol–water partition coefficient (Wildman–Crippen LogP) is -5.38. The van der Waals surface area contributed by atoms with Gasteiger partial charge in [0, 0.05) is 32.2 Å². The topological polar surface area (TPSA) is 512 Å². The van der Waals surface area contributed by atoms with E-state index >= 15 is 0 Å². The first-order chi connectivity index (χ1) is 38.6. The van der Waals surface area contributed by atoms with Crippen molar-refractivity contribution in [2.45, 2.75) is 125 Å². The lowest BCUT2D eigenvalue weighted by Gasteiger charge is -2.31. The van der Waals surface area contributed by atoms with Gasteiger partial charge in [0.1, 0.15) is 59.5 Å².